The highest BCUT2D eigenvalue weighted by Crippen LogP contribution is 2.22. The number of carbonyl (C=O) groups is 1. The van der Waals surface area contributed by atoms with E-state index in [0.717, 1.165) is 24.5 Å². The van der Waals surface area contributed by atoms with E-state index in [2.05, 4.69) is 34.1 Å². The van der Waals surface area contributed by atoms with Gasteiger partial charge in [-0.05, 0) is 26.0 Å². The Morgan fingerprint density at radius 3 is 2.72 bits per heavy atom. The van der Waals surface area contributed by atoms with Crippen LogP contribution in [0.15, 0.2) is 41.9 Å². The number of carbonyl (C=O) groups excluding carboxylic acids is 1. The molecule has 9 heteroatoms. The van der Waals surface area contributed by atoms with Crippen LogP contribution in [0.4, 0.5) is 5.13 Å². The first-order valence-corrected chi connectivity index (χ1v) is 10.3. The van der Waals surface area contributed by atoms with Crippen LogP contribution in [-0.2, 0) is 11.3 Å². The molecule has 1 amide bonds. The Labute approximate surface area is 172 Å². The van der Waals surface area contributed by atoms with Crippen LogP contribution < -0.4 is 5.32 Å². The van der Waals surface area contributed by atoms with E-state index in [4.69, 9.17) is 4.74 Å². The standard InChI is InChI=1S/C20H23N5O3S/c1-13-8-24(9-14(2)28-13)10-15-12-29-20(21-15)22-19(27)18-17(26)11-25(23-18)16-6-4-3-5-7-16/h3-7,11-14,26H,8-10H2,1-2H3,(H,21,22,27). The zero-order valence-corrected chi connectivity index (χ0v) is 17.1. The van der Waals surface area contributed by atoms with Gasteiger partial charge in [0, 0.05) is 25.0 Å². The van der Waals surface area contributed by atoms with Crippen LogP contribution in [0.3, 0.4) is 0 Å². The second kappa shape index (κ2) is 8.32. The largest absolute Gasteiger partial charge is 0.504 e. The molecule has 0 radical (unpaired) electrons. The number of amides is 1. The Balaban J connectivity index is 1.41. The van der Waals surface area contributed by atoms with Gasteiger partial charge in [0.05, 0.1) is 29.8 Å². The minimum atomic E-state index is -0.494. The van der Waals surface area contributed by atoms with Gasteiger partial charge >= 0.3 is 0 Å². The summed E-state index contributed by atoms with van der Waals surface area (Å²) >= 11 is 1.35. The van der Waals surface area contributed by atoms with Crippen LogP contribution in [0.1, 0.15) is 30.0 Å². The predicted molar refractivity (Wildman–Crippen MR) is 111 cm³/mol. The van der Waals surface area contributed by atoms with E-state index >= 15 is 0 Å². The van der Waals surface area contributed by atoms with Crippen molar-refractivity contribution >= 4 is 22.4 Å². The fourth-order valence-electron chi connectivity index (χ4n) is 3.48. The molecule has 1 aliphatic rings. The molecule has 0 bridgehead atoms. The zero-order valence-electron chi connectivity index (χ0n) is 16.3. The molecule has 3 heterocycles. The molecule has 2 unspecified atom stereocenters. The summed E-state index contributed by atoms with van der Waals surface area (Å²) < 4.78 is 7.23. The number of hydrogen-bond donors (Lipinski definition) is 2. The van der Waals surface area contributed by atoms with Crippen LogP contribution >= 0.6 is 11.3 Å². The lowest BCUT2D eigenvalue weighted by Gasteiger charge is -2.34. The van der Waals surface area contributed by atoms with Crippen molar-refractivity contribution in [3.8, 4) is 11.4 Å². The average Bonchev–Trinajstić information content (AvgIpc) is 3.28. The summed E-state index contributed by atoms with van der Waals surface area (Å²) in [6.07, 6.45) is 1.80. The Morgan fingerprint density at radius 1 is 1.28 bits per heavy atom. The first-order chi connectivity index (χ1) is 14.0. The van der Waals surface area contributed by atoms with Crippen LogP contribution in [0.25, 0.3) is 5.69 Å². The number of rotatable bonds is 5. The number of thiazole rings is 1. The van der Waals surface area contributed by atoms with Gasteiger partial charge in [-0.1, -0.05) is 18.2 Å². The van der Waals surface area contributed by atoms with E-state index in [1.165, 1.54) is 22.2 Å². The maximum absolute atomic E-state index is 12.6. The van der Waals surface area contributed by atoms with Crippen LogP contribution in [0.5, 0.6) is 5.75 Å². The van der Waals surface area contributed by atoms with Crippen LogP contribution in [0.2, 0.25) is 0 Å². The number of morpholine rings is 1. The highest BCUT2D eigenvalue weighted by Gasteiger charge is 2.23. The summed E-state index contributed by atoms with van der Waals surface area (Å²) in [5.41, 5.74) is 1.61. The second-order valence-electron chi connectivity index (χ2n) is 7.19. The molecule has 0 spiro atoms. The van der Waals surface area contributed by atoms with Gasteiger partial charge < -0.3 is 9.84 Å². The third-order valence-electron chi connectivity index (χ3n) is 4.58. The van der Waals surface area contributed by atoms with Crippen molar-refractivity contribution in [2.75, 3.05) is 18.4 Å². The molecule has 2 aromatic heterocycles. The van der Waals surface area contributed by atoms with E-state index in [1.54, 1.807) is 0 Å². The van der Waals surface area contributed by atoms with Gasteiger partial charge in [-0.2, -0.15) is 5.10 Å². The van der Waals surface area contributed by atoms with Gasteiger partial charge in [0.1, 0.15) is 0 Å². The quantitative estimate of drug-likeness (QED) is 0.668. The number of benzene rings is 1. The number of nitrogens with one attached hydrogen (secondary N) is 1. The Hall–Kier alpha value is -2.75. The molecule has 0 saturated carbocycles. The summed E-state index contributed by atoms with van der Waals surface area (Å²) in [6, 6.07) is 9.30. The third-order valence-corrected chi connectivity index (χ3v) is 5.39. The lowest BCUT2D eigenvalue weighted by molar-refractivity contribution is -0.0707. The molecule has 2 atom stereocenters. The average molecular weight is 414 g/mol. The Morgan fingerprint density at radius 2 is 2.00 bits per heavy atom. The number of aromatic nitrogens is 3. The first kappa shape index (κ1) is 19.6. The summed E-state index contributed by atoms with van der Waals surface area (Å²) in [4.78, 5) is 19.4. The summed E-state index contributed by atoms with van der Waals surface area (Å²) in [6.45, 7) is 6.55. The van der Waals surface area contributed by atoms with Crippen molar-refractivity contribution in [3.63, 3.8) is 0 Å². The zero-order chi connectivity index (χ0) is 20.4. The van der Waals surface area contributed by atoms with Crippen LogP contribution in [-0.4, -0.2) is 56.0 Å². The predicted octanol–water partition coefficient (Wildman–Crippen LogP) is 2.90. The van der Waals surface area contributed by atoms with Gasteiger partial charge in [-0.3, -0.25) is 15.0 Å². The molecule has 4 rings (SSSR count). The molecule has 2 N–H and O–H groups in total. The molecule has 1 fully saturated rings. The van der Waals surface area contributed by atoms with E-state index in [-0.39, 0.29) is 23.7 Å². The van der Waals surface area contributed by atoms with Gasteiger partial charge in [-0.15, -0.1) is 11.3 Å². The number of aromatic hydroxyl groups is 1. The lowest BCUT2D eigenvalue weighted by Crippen LogP contribution is -2.44. The molecular formula is C20H23N5O3S. The molecular weight excluding hydrogens is 390 g/mol. The van der Waals surface area contributed by atoms with Crippen molar-refractivity contribution in [2.24, 2.45) is 0 Å². The number of hydrogen-bond acceptors (Lipinski definition) is 7. The molecule has 8 nitrogen and oxygen atoms in total. The Kier molecular flexibility index (Phi) is 5.61. The number of anilines is 1. The topological polar surface area (TPSA) is 92.5 Å². The minimum absolute atomic E-state index is 0.0403. The minimum Gasteiger partial charge on any atom is -0.504 e. The van der Waals surface area contributed by atoms with Crippen molar-refractivity contribution in [2.45, 2.75) is 32.6 Å². The van der Waals surface area contributed by atoms with Crippen molar-refractivity contribution < 1.29 is 14.6 Å². The SMILES string of the molecule is CC1CN(Cc2csc(NC(=O)c3nn(-c4ccccc4)cc3O)n2)CC(C)O1. The molecule has 0 aliphatic carbocycles. The van der Waals surface area contributed by atoms with Gasteiger partial charge in [0.25, 0.3) is 5.91 Å². The van der Waals surface area contributed by atoms with Crippen LogP contribution in [0, 0.1) is 0 Å². The van der Waals surface area contributed by atoms with E-state index in [1.807, 2.05) is 35.7 Å². The second-order valence-corrected chi connectivity index (χ2v) is 8.05. The van der Waals surface area contributed by atoms with Gasteiger partial charge in [0.15, 0.2) is 16.6 Å². The molecule has 1 aromatic carbocycles. The summed E-state index contributed by atoms with van der Waals surface area (Å²) in [5, 5.41) is 19.5. The third kappa shape index (κ3) is 4.64. The maximum Gasteiger partial charge on any atom is 0.281 e. The molecule has 3 aromatic rings. The van der Waals surface area contributed by atoms with Gasteiger partial charge in [-0.25, -0.2) is 9.67 Å². The lowest BCUT2D eigenvalue weighted by atomic mass is 10.2. The van der Waals surface area contributed by atoms with Crippen molar-refractivity contribution in [1.29, 1.82) is 0 Å². The first-order valence-electron chi connectivity index (χ1n) is 9.45. The number of para-hydroxylation sites is 1. The van der Waals surface area contributed by atoms with Crippen molar-refractivity contribution in [3.05, 3.63) is 53.3 Å². The van der Waals surface area contributed by atoms with Gasteiger partial charge in [0.2, 0.25) is 0 Å². The molecule has 152 valence electrons. The highest BCUT2D eigenvalue weighted by atomic mass is 32.1. The number of nitrogens with zero attached hydrogens (tertiary/aromatic N) is 4. The molecule has 1 aliphatic heterocycles. The fourth-order valence-corrected chi connectivity index (χ4v) is 4.17. The maximum atomic E-state index is 12.6. The Bertz CT molecular complexity index is 977. The summed E-state index contributed by atoms with van der Waals surface area (Å²) in [7, 11) is 0. The smallest absolute Gasteiger partial charge is 0.281 e. The normalized spacial score (nSPS) is 19.9. The molecule has 1 saturated heterocycles. The highest BCUT2D eigenvalue weighted by molar-refractivity contribution is 7.13. The fraction of sp³-hybridized carbons (Fsp3) is 0.350. The summed E-state index contributed by atoms with van der Waals surface area (Å²) in [5.74, 6) is -0.675. The van der Waals surface area contributed by atoms with Crippen molar-refractivity contribution in [1.82, 2.24) is 19.7 Å². The number of ether oxygens (including phenoxy) is 1. The van der Waals surface area contributed by atoms with E-state index < -0.39 is 5.91 Å². The molecule has 29 heavy (non-hydrogen) atoms. The van der Waals surface area contributed by atoms with E-state index in [9.17, 15) is 9.90 Å². The monoisotopic (exact) mass is 413 g/mol. The van der Waals surface area contributed by atoms with E-state index in [0.29, 0.717) is 11.7 Å².